The van der Waals surface area contributed by atoms with Gasteiger partial charge in [0.25, 0.3) is 0 Å². The third-order valence-corrected chi connectivity index (χ3v) is 15.0. The number of hydrogen-bond donors (Lipinski definition) is 0. The maximum Gasteiger partial charge on any atom is 0.0547 e. The minimum Gasteiger partial charge on any atom is -0.311 e. The number of anilines is 3. The third kappa shape index (κ3) is 7.95. The summed E-state index contributed by atoms with van der Waals surface area (Å²) in [6.07, 6.45) is 0. The van der Waals surface area contributed by atoms with Crippen molar-refractivity contribution in [3.8, 4) is 67.0 Å². The summed E-state index contributed by atoms with van der Waals surface area (Å²) < 4.78 is 4.75. The lowest BCUT2D eigenvalue weighted by molar-refractivity contribution is 1.18. The molecule has 2 aromatic heterocycles. The first-order valence-corrected chi connectivity index (χ1v) is 25.7. The van der Waals surface area contributed by atoms with E-state index in [9.17, 15) is 0 Å². The van der Waals surface area contributed by atoms with Gasteiger partial charge in [-0.1, -0.05) is 212 Å². The van der Waals surface area contributed by atoms with Crippen LogP contribution in [0.3, 0.4) is 0 Å². The molecule has 0 aliphatic heterocycles. The monoisotopic (exact) mass is 955 g/mol. The van der Waals surface area contributed by atoms with E-state index < -0.39 is 0 Å². The fourth-order valence-electron chi connectivity index (χ4n) is 11.2. The van der Waals surface area contributed by atoms with E-state index in [0.29, 0.717) is 0 Å². The highest BCUT2D eigenvalue weighted by Crippen LogP contribution is 2.40. The Kier molecular flexibility index (Phi) is 10.8. The SMILES string of the molecule is c1ccc(-c2ccc(-c3ccc(N(c4ccc(-c5ccc(-c6ccc7c8ccccc8n(-c8ccccc8)c7c6)cc5)cc4)c4ccc(-c5ccc(-n6c7ccccc7c7ccccc76)cc5)cc4)cc3)cc2)cc1. The van der Waals surface area contributed by atoms with Crippen molar-refractivity contribution in [3.63, 3.8) is 0 Å². The predicted octanol–water partition coefficient (Wildman–Crippen LogP) is 19.7. The molecule has 0 N–H and O–H groups in total. The van der Waals surface area contributed by atoms with Gasteiger partial charge in [-0.25, -0.2) is 0 Å². The van der Waals surface area contributed by atoms with Crippen molar-refractivity contribution in [2.45, 2.75) is 0 Å². The van der Waals surface area contributed by atoms with E-state index >= 15 is 0 Å². The average Bonchev–Trinajstić information content (AvgIpc) is 4.01. The van der Waals surface area contributed by atoms with Crippen LogP contribution in [0.4, 0.5) is 17.1 Å². The van der Waals surface area contributed by atoms with Crippen LogP contribution in [0.15, 0.2) is 297 Å². The van der Waals surface area contributed by atoms with Crippen molar-refractivity contribution in [2.75, 3.05) is 4.90 Å². The summed E-state index contributed by atoms with van der Waals surface area (Å²) in [5.74, 6) is 0. The van der Waals surface area contributed by atoms with E-state index in [2.05, 4.69) is 311 Å². The van der Waals surface area contributed by atoms with Gasteiger partial charge in [0.15, 0.2) is 0 Å². The Morgan fingerprint density at radius 2 is 0.453 bits per heavy atom. The lowest BCUT2D eigenvalue weighted by Gasteiger charge is -2.26. The quantitative estimate of drug-likeness (QED) is 0.133. The van der Waals surface area contributed by atoms with Crippen LogP contribution in [-0.2, 0) is 0 Å². The van der Waals surface area contributed by atoms with Crippen LogP contribution in [0.25, 0.3) is 111 Å². The molecule has 12 aromatic carbocycles. The van der Waals surface area contributed by atoms with Crippen LogP contribution in [0.2, 0.25) is 0 Å². The average molecular weight is 956 g/mol. The summed E-state index contributed by atoms with van der Waals surface area (Å²) in [5, 5.41) is 5.05. The second kappa shape index (κ2) is 18.6. The maximum absolute atomic E-state index is 2.38. The first-order chi connectivity index (χ1) is 37.2. The predicted molar refractivity (Wildman–Crippen MR) is 317 cm³/mol. The number of nitrogens with zero attached hydrogens (tertiary/aromatic N) is 3. The Hall–Kier alpha value is -9.96. The van der Waals surface area contributed by atoms with Gasteiger partial charge in [0.2, 0.25) is 0 Å². The minimum atomic E-state index is 1.08. The van der Waals surface area contributed by atoms with Gasteiger partial charge < -0.3 is 14.0 Å². The molecule has 75 heavy (non-hydrogen) atoms. The van der Waals surface area contributed by atoms with E-state index in [1.807, 2.05) is 0 Å². The maximum atomic E-state index is 2.38. The molecular formula is C72H49N3. The molecule has 0 atom stereocenters. The molecule has 0 radical (unpaired) electrons. The first kappa shape index (κ1) is 43.8. The number of benzene rings is 12. The van der Waals surface area contributed by atoms with Crippen molar-refractivity contribution >= 4 is 60.7 Å². The Morgan fingerprint density at radius 1 is 0.187 bits per heavy atom. The van der Waals surface area contributed by atoms with E-state index in [4.69, 9.17) is 0 Å². The zero-order valence-electron chi connectivity index (χ0n) is 41.1. The molecule has 3 heteroatoms. The lowest BCUT2D eigenvalue weighted by Crippen LogP contribution is -2.09. The molecule has 0 fully saturated rings. The zero-order valence-corrected chi connectivity index (χ0v) is 41.1. The Labute approximate surface area is 436 Å². The van der Waals surface area contributed by atoms with Crippen molar-refractivity contribution in [3.05, 3.63) is 297 Å². The van der Waals surface area contributed by atoms with Gasteiger partial charge >= 0.3 is 0 Å². The number of fused-ring (bicyclic) bond motifs is 6. The van der Waals surface area contributed by atoms with Gasteiger partial charge in [0.1, 0.15) is 0 Å². The molecule has 14 aromatic rings. The van der Waals surface area contributed by atoms with Gasteiger partial charge in [-0.15, -0.1) is 0 Å². The van der Waals surface area contributed by atoms with Crippen LogP contribution >= 0.6 is 0 Å². The van der Waals surface area contributed by atoms with Crippen LogP contribution in [0, 0.1) is 0 Å². The largest absolute Gasteiger partial charge is 0.311 e. The minimum absolute atomic E-state index is 1.08. The first-order valence-electron chi connectivity index (χ1n) is 25.7. The molecule has 0 unspecified atom stereocenters. The molecule has 0 aliphatic rings. The molecule has 352 valence electrons. The van der Waals surface area contributed by atoms with Crippen molar-refractivity contribution in [1.82, 2.24) is 9.13 Å². The Balaban J connectivity index is 0.772. The Bertz CT molecular complexity index is 4270. The fourth-order valence-corrected chi connectivity index (χ4v) is 11.2. The molecule has 0 aliphatic carbocycles. The summed E-state index contributed by atoms with van der Waals surface area (Å²) >= 11 is 0. The fraction of sp³-hybridized carbons (Fsp3) is 0. The van der Waals surface area contributed by atoms with Crippen LogP contribution in [0.1, 0.15) is 0 Å². The number of para-hydroxylation sites is 4. The molecule has 0 bridgehead atoms. The smallest absolute Gasteiger partial charge is 0.0547 e. The Morgan fingerprint density at radius 3 is 0.867 bits per heavy atom. The molecule has 3 nitrogen and oxygen atoms in total. The van der Waals surface area contributed by atoms with Crippen LogP contribution < -0.4 is 4.90 Å². The summed E-state index contributed by atoms with van der Waals surface area (Å²) in [4.78, 5) is 2.36. The molecule has 14 rings (SSSR count). The van der Waals surface area contributed by atoms with Crippen molar-refractivity contribution in [2.24, 2.45) is 0 Å². The summed E-state index contributed by atoms with van der Waals surface area (Å²) in [7, 11) is 0. The van der Waals surface area contributed by atoms with Gasteiger partial charge in [-0.2, -0.15) is 0 Å². The molecular weight excluding hydrogens is 907 g/mol. The van der Waals surface area contributed by atoms with E-state index in [1.165, 1.54) is 99.2 Å². The summed E-state index contributed by atoms with van der Waals surface area (Å²) in [6.45, 7) is 0. The van der Waals surface area contributed by atoms with E-state index in [0.717, 1.165) is 28.4 Å². The summed E-state index contributed by atoms with van der Waals surface area (Å²) in [6, 6.07) is 108. The molecule has 0 amide bonds. The standard InChI is InChI=1S/C72H49N3/c1-3-13-50(14-4-1)51-23-25-52(26-24-51)54-31-40-61(41-32-54)73(63-44-35-56(36-45-63)57-37-46-64(47-38-57)74-69-20-10-7-17-65(69)66-18-8-11-21-70(66)74)62-42-33-55(34-43-62)53-27-29-58(30-28-53)59-39-48-68-67-19-9-12-22-71(67)75(72(68)49-59)60-15-5-2-6-16-60/h1-49H. The topological polar surface area (TPSA) is 13.1 Å². The van der Waals surface area contributed by atoms with Gasteiger partial charge in [-0.05, 0) is 141 Å². The van der Waals surface area contributed by atoms with Crippen molar-refractivity contribution < 1.29 is 0 Å². The van der Waals surface area contributed by atoms with E-state index in [1.54, 1.807) is 0 Å². The zero-order chi connectivity index (χ0) is 49.7. The highest BCUT2D eigenvalue weighted by atomic mass is 15.1. The van der Waals surface area contributed by atoms with Gasteiger partial charge in [0, 0.05) is 50.0 Å². The highest BCUT2D eigenvalue weighted by molar-refractivity contribution is 6.11. The highest BCUT2D eigenvalue weighted by Gasteiger charge is 2.17. The lowest BCUT2D eigenvalue weighted by atomic mass is 9.99. The molecule has 0 saturated carbocycles. The second-order valence-electron chi connectivity index (χ2n) is 19.3. The van der Waals surface area contributed by atoms with Gasteiger partial charge in [-0.3, -0.25) is 0 Å². The van der Waals surface area contributed by atoms with Crippen molar-refractivity contribution in [1.29, 1.82) is 0 Å². The number of rotatable bonds is 10. The summed E-state index contributed by atoms with van der Waals surface area (Å²) in [5.41, 5.74) is 22.3. The molecule has 2 heterocycles. The number of hydrogen-bond acceptors (Lipinski definition) is 1. The van der Waals surface area contributed by atoms with Crippen LogP contribution in [-0.4, -0.2) is 9.13 Å². The van der Waals surface area contributed by atoms with E-state index in [-0.39, 0.29) is 0 Å². The molecule has 0 saturated heterocycles. The van der Waals surface area contributed by atoms with Crippen LogP contribution in [0.5, 0.6) is 0 Å². The third-order valence-electron chi connectivity index (χ3n) is 15.0. The van der Waals surface area contributed by atoms with Gasteiger partial charge in [0.05, 0.1) is 22.1 Å². The number of aromatic nitrogens is 2. The molecule has 0 spiro atoms. The second-order valence-corrected chi connectivity index (χ2v) is 19.3. The normalized spacial score (nSPS) is 11.5.